The van der Waals surface area contributed by atoms with Crippen molar-refractivity contribution in [3.63, 3.8) is 0 Å². The molecule has 0 saturated carbocycles. The standard InChI is InChI=1S/C15H27ClN2O3/c1-15(2,3)21-14(20)18-9-6-12(7-10-18)5-4-8-17-13(19)11-16/h12H,4-11H2,1-3H3,(H,17,19). The van der Waals surface area contributed by atoms with Gasteiger partial charge in [-0.25, -0.2) is 4.79 Å². The number of nitrogens with zero attached hydrogens (tertiary/aromatic N) is 1. The summed E-state index contributed by atoms with van der Waals surface area (Å²) in [6, 6.07) is 0. The van der Waals surface area contributed by atoms with Gasteiger partial charge in [0.05, 0.1) is 0 Å². The van der Waals surface area contributed by atoms with Gasteiger partial charge in [-0.3, -0.25) is 4.79 Å². The van der Waals surface area contributed by atoms with Crippen LogP contribution in [0.4, 0.5) is 4.79 Å². The molecule has 0 aromatic rings. The quantitative estimate of drug-likeness (QED) is 0.626. The number of likely N-dealkylation sites (tertiary alicyclic amines) is 1. The van der Waals surface area contributed by atoms with Crippen molar-refractivity contribution in [2.24, 2.45) is 5.92 Å². The third-order valence-corrected chi connectivity index (χ3v) is 3.74. The highest BCUT2D eigenvalue weighted by molar-refractivity contribution is 6.27. The molecule has 1 rings (SSSR count). The zero-order valence-electron chi connectivity index (χ0n) is 13.3. The van der Waals surface area contributed by atoms with E-state index in [-0.39, 0.29) is 17.9 Å². The number of rotatable bonds is 5. The van der Waals surface area contributed by atoms with Crippen LogP contribution in [-0.2, 0) is 9.53 Å². The zero-order valence-corrected chi connectivity index (χ0v) is 14.0. The van der Waals surface area contributed by atoms with Crippen LogP contribution in [-0.4, -0.2) is 48.0 Å². The number of nitrogens with one attached hydrogen (secondary N) is 1. The Morgan fingerprint density at radius 1 is 1.29 bits per heavy atom. The van der Waals surface area contributed by atoms with Crippen molar-refractivity contribution in [3.8, 4) is 0 Å². The van der Waals surface area contributed by atoms with Crippen LogP contribution >= 0.6 is 11.6 Å². The summed E-state index contributed by atoms with van der Waals surface area (Å²) >= 11 is 5.41. The van der Waals surface area contributed by atoms with Gasteiger partial charge >= 0.3 is 6.09 Å². The molecule has 0 spiro atoms. The summed E-state index contributed by atoms with van der Waals surface area (Å²) in [7, 11) is 0. The fourth-order valence-corrected chi connectivity index (χ4v) is 2.49. The number of hydrogen-bond donors (Lipinski definition) is 1. The first-order chi connectivity index (χ1) is 9.81. The van der Waals surface area contributed by atoms with Crippen LogP contribution < -0.4 is 5.32 Å². The summed E-state index contributed by atoms with van der Waals surface area (Å²) < 4.78 is 5.38. The van der Waals surface area contributed by atoms with Gasteiger partial charge in [0.1, 0.15) is 11.5 Å². The minimum atomic E-state index is -0.436. The average Bonchev–Trinajstić information content (AvgIpc) is 2.42. The minimum absolute atomic E-state index is 0.0221. The molecule has 1 aliphatic heterocycles. The first-order valence-corrected chi connectivity index (χ1v) is 8.16. The molecule has 0 radical (unpaired) electrons. The van der Waals surface area contributed by atoms with Gasteiger partial charge in [-0.2, -0.15) is 0 Å². The largest absolute Gasteiger partial charge is 0.444 e. The predicted molar refractivity (Wildman–Crippen MR) is 83.5 cm³/mol. The van der Waals surface area contributed by atoms with Gasteiger partial charge in [0.2, 0.25) is 5.91 Å². The third-order valence-electron chi connectivity index (χ3n) is 3.50. The molecule has 0 aromatic carbocycles. The molecule has 0 bridgehead atoms. The van der Waals surface area contributed by atoms with Crippen LogP contribution in [0.3, 0.4) is 0 Å². The molecular weight excluding hydrogens is 292 g/mol. The maximum Gasteiger partial charge on any atom is 0.410 e. The zero-order chi connectivity index (χ0) is 15.9. The maximum absolute atomic E-state index is 11.9. The lowest BCUT2D eigenvalue weighted by Gasteiger charge is -2.33. The summed E-state index contributed by atoms with van der Waals surface area (Å²) in [6.07, 6.45) is 3.82. The van der Waals surface area contributed by atoms with E-state index in [0.29, 0.717) is 12.5 Å². The highest BCUT2D eigenvalue weighted by Gasteiger charge is 2.26. The van der Waals surface area contributed by atoms with E-state index in [4.69, 9.17) is 16.3 Å². The van der Waals surface area contributed by atoms with Crippen LogP contribution in [0.1, 0.15) is 46.5 Å². The van der Waals surface area contributed by atoms with Crippen molar-refractivity contribution < 1.29 is 14.3 Å². The molecule has 1 heterocycles. The van der Waals surface area contributed by atoms with Crippen LogP contribution in [0.5, 0.6) is 0 Å². The Labute approximate surface area is 132 Å². The number of carbonyl (C=O) groups excluding carboxylic acids is 2. The molecular formula is C15H27ClN2O3. The fourth-order valence-electron chi connectivity index (χ4n) is 2.40. The molecule has 0 atom stereocenters. The number of halogens is 1. The van der Waals surface area contributed by atoms with E-state index >= 15 is 0 Å². The smallest absolute Gasteiger partial charge is 0.410 e. The second-order valence-corrected chi connectivity index (χ2v) is 6.80. The Morgan fingerprint density at radius 2 is 1.90 bits per heavy atom. The molecule has 122 valence electrons. The highest BCUT2D eigenvalue weighted by atomic mass is 35.5. The van der Waals surface area contributed by atoms with E-state index in [0.717, 1.165) is 38.8 Å². The maximum atomic E-state index is 11.9. The molecule has 6 heteroatoms. The number of carbonyl (C=O) groups is 2. The molecule has 1 N–H and O–H groups in total. The molecule has 0 unspecified atom stereocenters. The van der Waals surface area contributed by atoms with Crippen LogP contribution in [0.2, 0.25) is 0 Å². The number of piperidine rings is 1. The molecule has 0 aromatic heterocycles. The van der Waals surface area contributed by atoms with Crippen LogP contribution in [0.15, 0.2) is 0 Å². The fraction of sp³-hybridized carbons (Fsp3) is 0.867. The monoisotopic (exact) mass is 318 g/mol. The first kappa shape index (κ1) is 18.1. The van der Waals surface area contributed by atoms with Gasteiger partial charge in [0.15, 0.2) is 0 Å². The third kappa shape index (κ3) is 7.55. The molecule has 2 amide bonds. The Bertz CT molecular complexity index is 347. The Morgan fingerprint density at radius 3 is 2.43 bits per heavy atom. The predicted octanol–water partition coefficient (Wildman–Crippen LogP) is 2.77. The van der Waals surface area contributed by atoms with E-state index in [1.54, 1.807) is 4.90 Å². The number of hydrogen-bond acceptors (Lipinski definition) is 3. The van der Waals surface area contributed by atoms with Crippen LogP contribution in [0.25, 0.3) is 0 Å². The lowest BCUT2D eigenvalue weighted by molar-refractivity contribution is -0.118. The van der Waals surface area contributed by atoms with E-state index in [1.165, 1.54) is 0 Å². The van der Waals surface area contributed by atoms with Crippen molar-refractivity contribution >= 4 is 23.6 Å². The van der Waals surface area contributed by atoms with Crippen molar-refractivity contribution in [2.45, 2.75) is 52.1 Å². The molecule has 0 aliphatic carbocycles. The van der Waals surface area contributed by atoms with Gasteiger partial charge in [-0.15, -0.1) is 11.6 Å². The Hall–Kier alpha value is -0.970. The van der Waals surface area contributed by atoms with Gasteiger partial charge in [0.25, 0.3) is 0 Å². The molecule has 1 aliphatic rings. The summed E-state index contributed by atoms with van der Waals surface area (Å²) in [5.41, 5.74) is -0.436. The van der Waals surface area contributed by atoms with Gasteiger partial charge in [0, 0.05) is 19.6 Å². The number of ether oxygens (including phenoxy) is 1. The van der Waals surface area contributed by atoms with Crippen molar-refractivity contribution in [1.29, 1.82) is 0 Å². The molecule has 1 saturated heterocycles. The second kappa shape index (κ2) is 8.47. The van der Waals surface area contributed by atoms with E-state index in [2.05, 4.69) is 5.32 Å². The average molecular weight is 319 g/mol. The normalized spacial score (nSPS) is 16.7. The van der Waals surface area contributed by atoms with Gasteiger partial charge in [-0.1, -0.05) is 0 Å². The second-order valence-electron chi connectivity index (χ2n) is 6.54. The van der Waals surface area contributed by atoms with E-state index in [1.807, 2.05) is 20.8 Å². The molecule has 21 heavy (non-hydrogen) atoms. The lowest BCUT2D eigenvalue weighted by atomic mass is 9.92. The van der Waals surface area contributed by atoms with Crippen molar-refractivity contribution in [2.75, 3.05) is 25.5 Å². The summed E-state index contributed by atoms with van der Waals surface area (Å²) in [6.45, 7) is 7.84. The topological polar surface area (TPSA) is 58.6 Å². The summed E-state index contributed by atoms with van der Waals surface area (Å²) in [5, 5.41) is 2.77. The minimum Gasteiger partial charge on any atom is -0.444 e. The SMILES string of the molecule is CC(C)(C)OC(=O)N1CCC(CCCNC(=O)CCl)CC1. The highest BCUT2D eigenvalue weighted by Crippen LogP contribution is 2.23. The summed E-state index contributed by atoms with van der Waals surface area (Å²) in [5.74, 6) is 0.530. The molecule has 1 fully saturated rings. The van der Waals surface area contributed by atoms with Gasteiger partial charge < -0.3 is 15.0 Å². The number of amides is 2. The van der Waals surface area contributed by atoms with Crippen LogP contribution in [0, 0.1) is 5.92 Å². The van der Waals surface area contributed by atoms with Gasteiger partial charge in [-0.05, 0) is 52.4 Å². The molecule has 5 nitrogen and oxygen atoms in total. The summed E-state index contributed by atoms with van der Waals surface area (Å²) in [4.78, 5) is 24.7. The van der Waals surface area contributed by atoms with E-state index in [9.17, 15) is 9.59 Å². The van der Waals surface area contributed by atoms with Crippen molar-refractivity contribution in [3.05, 3.63) is 0 Å². The number of alkyl halides is 1. The van der Waals surface area contributed by atoms with Crippen molar-refractivity contribution in [1.82, 2.24) is 10.2 Å². The first-order valence-electron chi connectivity index (χ1n) is 7.62. The Kier molecular flexibility index (Phi) is 7.29. The lowest BCUT2D eigenvalue weighted by Crippen LogP contribution is -2.41. The Balaban J connectivity index is 2.17. The van der Waals surface area contributed by atoms with E-state index < -0.39 is 5.60 Å².